The minimum Gasteiger partial charge on any atom is -0.486 e. The Hall–Kier alpha value is -2.08. The van der Waals surface area contributed by atoms with Crippen LogP contribution in [0.4, 0.5) is 0 Å². The Kier molecular flexibility index (Phi) is 5.04. The zero-order valence-corrected chi connectivity index (χ0v) is 14.1. The van der Waals surface area contributed by atoms with Crippen LogP contribution in [0.1, 0.15) is 30.1 Å². The number of benzene rings is 1. The summed E-state index contributed by atoms with van der Waals surface area (Å²) in [6.45, 7) is 4.33. The number of nitrogens with zero attached hydrogens (tertiary/aromatic N) is 1. The van der Waals surface area contributed by atoms with Crippen molar-refractivity contribution in [3.05, 3.63) is 23.8 Å². The molecule has 1 fully saturated rings. The topological polar surface area (TPSA) is 65.1 Å². The molecule has 2 heterocycles. The number of rotatable bonds is 4. The molecule has 0 amide bonds. The first-order chi connectivity index (χ1) is 11.6. The molecule has 1 aromatic rings. The maximum absolute atomic E-state index is 12.7. The van der Waals surface area contributed by atoms with Gasteiger partial charge in [0.25, 0.3) is 0 Å². The van der Waals surface area contributed by atoms with Crippen molar-refractivity contribution < 1.29 is 23.8 Å². The molecule has 0 aromatic heterocycles. The van der Waals surface area contributed by atoms with Crippen molar-refractivity contribution in [1.29, 1.82) is 0 Å². The predicted molar refractivity (Wildman–Crippen MR) is 87.5 cm³/mol. The third-order valence-electron chi connectivity index (χ3n) is 4.82. The molecule has 1 aromatic carbocycles. The van der Waals surface area contributed by atoms with Crippen LogP contribution in [0.5, 0.6) is 11.5 Å². The Balaban J connectivity index is 1.62. The summed E-state index contributed by atoms with van der Waals surface area (Å²) in [6.07, 6.45) is 1.49. The van der Waals surface area contributed by atoms with Gasteiger partial charge in [0.15, 0.2) is 17.3 Å². The number of carbonyl (C=O) groups excluding carboxylic acids is 2. The van der Waals surface area contributed by atoms with E-state index in [0.29, 0.717) is 30.3 Å². The first kappa shape index (κ1) is 16.8. The molecule has 3 rings (SSSR count). The zero-order valence-electron chi connectivity index (χ0n) is 14.1. The highest BCUT2D eigenvalue weighted by Crippen LogP contribution is 2.32. The molecule has 6 nitrogen and oxygen atoms in total. The van der Waals surface area contributed by atoms with Gasteiger partial charge in [0, 0.05) is 11.5 Å². The number of likely N-dealkylation sites (tertiary alicyclic amines) is 1. The van der Waals surface area contributed by atoms with Gasteiger partial charge in [-0.25, -0.2) is 0 Å². The quantitative estimate of drug-likeness (QED) is 0.619. The molecule has 2 aliphatic rings. The van der Waals surface area contributed by atoms with Crippen LogP contribution in [0.3, 0.4) is 0 Å². The number of ketones is 1. The van der Waals surface area contributed by atoms with Gasteiger partial charge in [-0.2, -0.15) is 0 Å². The summed E-state index contributed by atoms with van der Waals surface area (Å²) in [5.74, 6) is 1.22. The lowest BCUT2D eigenvalue weighted by Gasteiger charge is -2.34. The normalized spacial score (nSPS) is 19.6. The molecule has 24 heavy (non-hydrogen) atoms. The molecule has 130 valence electrons. The zero-order chi connectivity index (χ0) is 17.1. The van der Waals surface area contributed by atoms with Crippen molar-refractivity contribution in [3.8, 4) is 11.5 Å². The Morgan fingerprint density at radius 1 is 1.17 bits per heavy atom. The number of hydrogen-bond acceptors (Lipinski definition) is 6. The second-order valence-corrected chi connectivity index (χ2v) is 6.23. The number of carbonyl (C=O) groups is 2. The van der Waals surface area contributed by atoms with Gasteiger partial charge in [-0.05, 0) is 51.1 Å². The first-order valence-electron chi connectivity index (χ1n) is 8.36. The average molecular weight is 333 g/mol. The summed E-state index contributed by atoms with van der Waals surface area (Å²) in [4.78, 5) is 26.4. The predicted octanol–water partition coefficient (Wildman–Crippen LogP) is 1.91. The Labute approximate surface area is 141 Å². The summed E-state index contributed by atoms with van der Waals surface area (Å²) in [5.41, 5.74) is 0.665. The second-order valence-electron chi connectivity index (χ2n) is 6.23. The maximum atomic E-state index is 12.7. The van der Waals surface area contributed by atoms with Crippen molar-refractivity contribution in [2.24, 2.45) is 5.92 Å². The summed E-state index contributed by atoms with van der Waals surface area (Å²) < 4.78 is 15.8. The fourth-order valence-electron chi connectivity index (χ4n) is 3.30. The Morgan fingerprint density at radius 3 is 2.50 bits per heavy atom. The van der Waals surface area contributed by atoms with Crippen molar-refractivity contribution in [3.63, 3.8) is 0 Å². The van der Waals surface area contributed by atoms with Crippen LogP contribution in [0.25, 0.3) is 0 Å². The second kappa shape index (κ2) is 7.21. The van der Waals surface area contributed by atoms with E-state index >= 15 is 0 Å². The molecule has 0 unspecified atom stereocenters. The SMILES string of the molecule is COC(=O)[C@@H](C)N1CCC(C(=O)c2ccc3c(c2)OCCO3)CC1. The van der Waals surface area contributed by atoms with Gasteiger partial charge in [0.1, 0.15) is 19.3 Å². The number of esters is 1. The first-order valence-corrected chi connectivity index (χ1v) is 8.36. The lowest BCUT2D eigenvalue weighted by atomic mass is 9.88. The lowest BCUT2D eigenvalue weighted by molar-refractivity contribution is -0.146. The van der Waals surface area contributed by atoms with Crippen LogP contribution in [-0.4, -0.2) is 56.1 Å². The highest BCUT2D eigenvalue weighted by Gasteiger charge is 2.31. The van der Waals surface area contributed by atoms with Crippen molar-refractivity contribution in [1.82, 2.24) is 4.90 Å². The number of piperidine rings is 1. The summed E-state index contributed by atoms with van der Waals surface area (Å²) in [7, 11) is 1.40. The van der Waals surface area contributed by atoms with Crippen molar-refractivity contribution in [2.75, 3.05) is 33.4 Å². The van der Waals surface area contributed by atoms with Crippen LogP contribution in [0, 0.1) is 5.92 Å². The smallest absolute Gasteiger partial charge is 0.322 e. The molecule has 0 saturated carbocycles. The van der Waals surface area contributed by atoms with Gasteiger partial charge in [0.2, 0.25) is 0 Å². The van der Waals surface area contributed by atoms with Gasteiger partial charge < -0.3 is 14.2 Å². The van der Waals surface area contributed by atoms with Gasteiger partial charge in [-0.3, -0.25) is 14.5 Å². The van der Waals surface area contributed by atoms with Crippen LogP contribution in [-0.2, 0) is 9.53 Å². The van der Waals surface area contributed by atoms with Crippen LogP contribution >= 0.6 is 0 Å². The van der Waals surface area contributed by atoms with E-state index in [9.17, 15) is 9.59 Å². The van der Waals surface area contributed by atoms with E-state index in [1.807, 2.05) is 6.92 Å². The molecule has 0 spiro atoms. The van der Waals surface area contributed by atoms with E-state index in [2.05, 4.69) is 4.90 Å². The molecule has 0 radical (unpaired) electrons. The van der Waals surface area contributed by atoms with Crippen LogP contribution in [0.15, 0.2) is 18.2 Å². The van der Waals surface area contributed by atoms with Gasteiger partial charge >= 0.3 is 5.97 Å². The fraction of sp³-hybridized carbons (Fsp3) is 0.556. The lowest BCUT2D eigenvalue weighted by Crippen LogP contribution is -2.45. The molecular weight excluding hydrogens is 310 g/mol. The summed E-state index contributed by atoms with van der Waals surface area (Å²) >= 11 is 0. The van der Waals surface area contributed by atoms with E-state index < -0.39 is 0 Å². The van der Waals surface area contributed by atoms with Gasteiger partial charge in [-0.1, -0.05) is 0 Å². The number of methoxy groups -OCH3 is 1. The largest absolute Gasteiger partial charge is 0.486 e. The molecule has 0 N–H and O–H groups in total. The minimum absolute atomic E-state index is 0.0198. The van der Waals surface area contributed by atoms with Crippen LogP contribution < -0.4 is 9.47 Å². The molecule has 0 bridgehead atoms. The van der Waals surface area contributed by atoms with E-state index in [0.717, 1.165) is 25.9 Å². The number of Topliss-reactive ketones (excluding diaryl/α,β-unsaturated/α-hetero) is 1. The third kappa shape index (κ3) is 3.38. The van der Waals surface area contributed by atoms with E-state index in [4.69, 9.17) is 14.2 Å². The Bertz CT molecular complexity index is 622. The number of hydrogen-bond donors (Lipinski definition) is 0. The van der Waals surface area contributed by atoms with E-state index in [1.54, 1.807) is 18.2 Å². The van der Waals surface area contributed by atoms with Crippen LogP contribution in [0.2, 0.25) is 0 Å². The van der Waals surface area contributed by atoms with Gasteiger partial charge in [-0.15, -0.1) is 0 Å². The van der Waals surface area contributed by atoms with Crippen molar-refractivity contribution >= 4 is 11.8 Å². The highest BCUT2D eigenvalue weighted by molar-refractivity contribution is 5.98. The Morgan fingerprint density at radius 2 is 1.83 bits per heavy atom. The summed E-state index contributed by atoms with van der Waals surface area (Å²) in [5, 5.41) is 0. The molecule has 1 atom stereocenters. The third-order valence-corrected chi connectivity index (χ3v) is 4.82. The molecular formula is C18H23NO5. The number of ether oxygens (including phenoxy) is 3. The number of fused-ring (bicyclic) bond motifs is 1. The molecule has 2 aliphatic heterocycles. The summed E-state index contributed by atoms with van der Waals surface area (Å²) in [6, 6.07) is 5.12. The standard InChI is InChI=1S/C18H23NO5/c1-12(18(21)22-2)19-7-5-13(6-8-19)17(20)14-3-4-15-16(11-14)24-10-9-23-15/h3-4,11-13H,5-10H2,1-2H3/t12-/m1/s1. The molecule has 1 saturated heterocycles. The van der Waals surface area contributed by atoms with E-state index in [1.165, 1.54) is 7.11 Å². The monoisotopic (exact) mass is 333 g/mol. The van der Waals surface area contributed by atoms with Crippen molar-refractivity contribution in [2.45, 2.75) is 25.8 Å². The van der Waals surface area contributed by atoms with Gasteiger partial charge in [0.05, 0.1) is 7.11 Å². The average Bonchev–Trinajstić information content (AvgIpc) is 2.66. The minimum atomic E-state index is -0.264. The molecule has 0 aliphatic carbocycles. The highest BCUT2D eigenvalue weighted by atomic mass is 16.6. The fourth-order valence-corrected chi connectivity index (χ4v) is 3.30. The molecule has 6 heteroatoms. The van der Waals surface area contributed by atoms with E-state index in [-0.39, 0.29) is 23.7 Å². The maximum Gasteiger partial charge on any atom is 0.322 e.